The molecule has 0 bridgehead atoms. The highest BCUT2D eigenvalue weighted by atomic mass is 35.5. The molecule has 1 saturated heterocycles. The number of rotatable bonds is 1. The summed E-state index contributed by atoms with van der Waals surface area (Å²) >= 11 is 10.6. The summed E-state index contributed by atoms with van der Waals surface area (Å²) in [4.78, 5) is 11.3. The molecule has 0 aromatic carbocycles. The largest absolute Gasteiger partial charge is 0.458 e. The van der Waals surface area contributed by atoms with Crippen LogP contribution >= 0.6 is 23.2 Å². The van der Waals surface area contributed by atoms with Crippen LogP contribution in [-0.2, 0) is 9.53 Å². The average Bonchev–Trinajstić information content (AvgIpc) is 2.48. The third-order valence-electron chi connectivity index (χ3n) is 3.47. The van der Waals surface area contributed by atoms with E-state index in [9.17, 15) is 18.0 Å². The molecule has 1 heterocycles. The molecule has 7 heteroatoms. The van der Waals surface area contributed by atoms with Gasteiger partial charge in [-0.1, -0.05) is 37.0 Å². The lowest BCUT2D eigenvalue weighted by molar-refractivity contribution is -0.176. The van der Waals surface area contributed by atoms with Crippen LogP contribution in [0.15, 0.2) is 0 Å². The number of alkyl halides is 5. The summed E-state index contributed by atoms with van der Waals surface area (Å²) in [5.74, 6) is -1.72. The Balaban J connectivity index is 2.29. The van der Waals surface area contributed by atoms with E-state index < -0.39 is 39.8 Å². The lowest BCUT2D eigenvalue weighted by atomic mass is 10.0. The number of carbonyl (C=O) groups excluding carboxylic acids is 1. The summed E-state index contributed by atoms with van der Waals surface area (Å²) in [7, 11) is 0. The Morgan fingerprint density at radius 3 is 2.12 bits per heavy atom. The van der Waals surface area contributed by atoms with Crippen LogP contribution in [-0.4, -0.2) is 22.6 Å². The van der Waals surface area contributed by atoms with Crippen molar-refractivity contribution < 1.29 is 22.7 Å². The molecule has 0 spiro atoms. The highest BCUT2D eigenvalue weighted by Crippen LogP contribution is 2.68. The maximum atomic E-state index is 12.6. The van der Waals surface area contributed by atoms with Crippen molar-refractivity contribution in [1.82, 2.24) is 0 Å². The average molecular weight is 277 g/mol. The van der Waals surface area contributed by atoms with E-state index in [4.69, 9.17) is 23.2 Å². The van der Waals surface area contributed by atoms with Crippen LogP contribution in [0.4, 0.5) is 13.2 Å². The number of hydrogen-bond donors (Lipinski definition) is 0. The first kappa shape index (κ1) is 12.3. The van der Waals surface area contributed by atoms with Gasteiger partial charge in [-0.3, -0.25) is 4.79 Å². The quantitative estimate of drug-likeness (QED) is 0.544. The molecule has 0 N–H and O–H groups in total. The van der Waals surface area contributed by atoms with E-state index in [1.807, 2.05) is 0 Å². The Morgan fingerprint density at radius 2 is 1.81 bits per heavy atom. The fraction of sp³-hybridized carbons (Fsp3) is 0.889. The molecule has 0 amide bonds. The van der Waals surface area contributed by atoms with Crippen molar-refractivity contribution in [1.29, 1.82) is 0 Å². The van der Waals surface area contributed by atoms with Crippen molar-refractivity contribution in [3.05, 3.63) is 0 Å². The number of hydrogen-bond acceptors (Lipinski definition) is 2. The lowest BCUT2D eigenvalue weighted by Crippen LogP contribution is -2.47. The number of ether oxygens (including phenoxy) is 1. The van der Waals surface area contributed by atoms with Crippen molar-refractivity contribution in [3.63, 3.8) is 0 Å². The molecule has 1 saturated carbocycles. The van der Waals surface area contributed by atoms with Crippen LogP contribution in [0.25, 0.3) is 0 Å². The van der Waals surface area contributed by atoms with Gasteiger partial charge in [0.1, 0.15) is 6.10 Å². The highest BCUT2D eigenvalue weighted by molar-refractivity contribution is 6.49. The molecule has 3 atom stereocenters. The Morgan fingerprint density at radius 1 is 1.31 bits per heavy atom. The molecule has 2 nitrogen and oxygen atoms in total. The van der Waals surface area contributed by atoms with E-state index in [0.29, 0.717) is 0 Å². The van der Waals surface area contributed by atoms with Gasteiger partial charge in [0.15, 0.2) is 0 Å². The van der Waals surface area contributed by atoms with Crippen LogP contribution < -0.4 is 0 Å². The van der Waals surface area contributed by atoms with Gasteiger partial charge in [-0.25, -0.2) is 0 Å². The van der Waals surface area contributed by atoms with Crippen molar-refractivity contribution in [2.75, 3.05) is 0 Å². The van der Waals surface area contributed by atoms with Crippen LogP contribution in [0.5, 0.6) is 0 Å². The van der Waals surface area contributed by atoms with Gasteiger partial charge in [0, 0.05) is 5.92 Å². The second-order valence-electron chi connectivity index (χ2n) is 4.80. The molecule has 1 aliphatic carbocycles. The first-order valence-corrected chi connectivity index (χ1v) is 5.42. The van der Waals surface area contributed by atoms with E-state index in [1.165, 1.54) is 0 Å². The highest BCUT2D eigenvalue weighted by Gasteiger charge is 2.78. The molecule has 0 aromatic heterocycles. The van der Waals surface area contributed by atoms with Crippen molar-refractivity contribution in [2.45, 2.75) is 30.5 Å². The molecule has 0 aromatic rings. The Labute approximate surface area is 100 Å². The Kier molecular flexibility index (Phi) is 2.30. The third kappa shape index (κ3) is 1.37. The summed E-state index contributed by atoms with van der Waals surface area (Å²) in [6.45, 7) is 3.41. The fourth-order valence-electron chi connectivity index (χ4n) is 2.43. The first-order chi connectivity index (χ1) is 7.01. The SMILES string of the molecule is CC1(C)C2C(=O)OC(C(Cl)(Cl)C(F)(F)F)C21. The molecule has 2 fully saturated rings. The maximum absolute atomic E-state index is 12.6. The van der Waals surface area contributed by atoms with Gasteiger partial charge in [0.2, 0.25) is 4.33 Å². The summed E-state index contributed by atoms with van der Waals surface area (Å²) in [5.41, 5.74) is -0.514. The smallest absolute Gasteiger partial charge is 0.425 e. The van der Waals surface area contributed by atoms with E-state index in [-0.39, 0.29) is 0 Å². The van der Waals surface area contributed by atoms with Crippen molar-refractivity contribution >= 4 is 29.2 Å². The van der Waals surface area contributed by atoms with Crippen molar-refractivity contribution in [3.8, 4) is 0 Å². The molecular formula is C9H9Cl2F3O2. The zero-order chi connectivity index (χ0) is 12.5. The van der Waals surface area contributed by atoms with Gasteiger partial charge in [0.05, 0.1) is 5.92 Å². The van der Waals surface area contributed by atoms with Gasteiger partial charge in [-0.2, -0.15) is 13.2 Å². The molecule has 16 heavy (non-hydrogen) atoms. The minimum atomic E-state index is -4.82. The lowest BCUT2D eigenvalue weighted by Gasteiger charge is -2.30. The topological polar surface area (TPSA) is 26.3 Å². The predicted molar refractivity (Wildman–Crippen MR) is 51.1 cm³/mol. The minimum absolute atomic E-state index is 0.514. The van der Waals surface area contributed by atoms with Gasteiger partial charge < -0.3 is 4.74 Å². The summed E-state index contributed by atoms with van der Waals surface area (Å²) in [5, 5.41) is 0. The molecule has 2 rings (SSSR count). The van der Waals surface area contributed by atoms with E-state index in [0.717, 1.165) is 0 Å². The summed E-state index contributed by atoms with van der Waals surface area (Å²) in [6, 6.07) is 0. The summed E-state index contributed by atoms with van der Waals surface area (Å²) in [6.07, 6.45) is -6.34. The van der Waals surface area contributed by atoms with Gasteiger partial charge >= 0.3 is 12.1 Å². The Hall–Kier alpha value is -0.160. The number of carbonyl (C=O) groups is 1. The number of halogens is 5. The minimum Gasteiger partial charge on any atom is -0.458 e. The normalized spacial score (nSPS) is 36.9. The molecular weight excluding hydrogens is 268 g/mol. The molecule has 0 radical (unpaired) electrons. The zero-order valence-corrected chi connectivity index (χ0v) is 9.95. The van der Waals surface area contributed by atoms with Gasteiger partial charge in [-0.15, -0.1) is 0 Å². The van der Waals surface area contributed by atoms with Crippen LogP contribution in [0.3, 0.4) is 0 Å². The van der Waals surface area contributed by atoms with Crippen LogP contribution in [0.2, 0.25) is 0 Å². The summed E-state index contributed by atoms with van der Waals surface area (Å²) < 4.78 is 39.4. The van der Waals surface area contributed by atoms with Gasteiger partial charge in [0.25, 0.3) is 0 Å². The predicted octanol–water partition coefficient (Wildman–Crippen LogP) is 2.92. The van der Waals surface area contributed by atoms with Crippen molar-refractivity contribution in [2.24, 2.45) is 17.3 Å². The first-order valence-electron chi connectivity index (χ1n) is 4.66. The number of fused-ring (bicyclic) bond motifs is 1. The molecule has 92 valence electrons. The third-order valence-corrected chi connectivity index (χ3v) is 4.33. The second kappa shape index (κ2) is 2.99. The molecule has 2 aliphatic rings. The standard InChI is InChI=1S/C9H9Cl2F3O2/c1-7(2)3-4(7)6(15)16-5(3)8(10,11)9(12,13)14/h3-5H,1-2H3. The Bertz CT molecular complexity index is 351. The van der Waals surface area contributed by atoms with Gasteiger partial charge in [-0.05, 0) is 5.41 Å². The zero-order valence-electron chi connectivity index (χ0n) is 8.44. The molecule has 3 unspecified atom stereocenters. The fourth-order valence-corrected chi connectivity index (χ4v) is 2.79. The number of cyclic esters (lactones) is 1. The van der Waals surface area contributed by atoms with Crippen LogP contribution in [0, 0.1) is 17.3 Å². The van der Waals surface area contributed by atoms with E-state index >= 15 is 0 Å². The van der Waals surface area contributed by atoms with E-state index in [2.05, 4.69) is 4.74 Å². The van der Waals surface area contributed by atoms with Crippen LogP contribution in [0.1, 0.15) is 13.8 Å². The van der Waals surface area contributed by atoms with E-state index in [1.54, 1.807) is 13.8 Å². The maximum Gasteiger partial charge on any atom is 0.425 e. The molecule has 1 aliphatic heterocycles. The number of esters is 1. The second-order valence-corrected chi connectivity index (χ2v) is 6.19. The monoisotopic (exact) mass is 276 g/mol.